The van der Waals surface area contributed by atoms with Crippen LogP contribution in [0.1, 0.15) is 27.2 Å². The van der Waals surface area contributed by atoms with Crippen LogP contribution < -0.4 is 5.32 Å². The van der Waals surface area contributed by atoms with Crippen LogP contribution in [0.25, 0.3) is 0 Å². The van der Waals surface area contributed by atoms with Gasteiger partial charge in [-0.05, 0) is 24.0 Å². The van der Waals surface area contributed by atoms with E-state index in [0.717, 1.165) is 18.1 Å². The molecule has 0 fully saturated rings. The third-order valence-corrected chi connectivity index (χ3v) is 4.17. The second-order valence-corrected chi connectivity index (χ2v) is 7.57. The largest absolute Gasteiger partial charge is 0.331 e. The summed E-state index contributed by atoms with van der Waals surface area (Å²) in [6.45, 7) is 7.42. The molecule has 0 aromatic heterocycles. The molecule has 1 heterocycles. The first kappa shape index (κ1) is 14.7. The first-order valence-electron chi connectivity index (χ1n) is 6.27. The van der Waals surface area contributed by atoms with E-state index in [0.29, 0.717) is 16.0 Å². The smallest absolute Gasteiger partial charge is 0.161 e. The predicted octanol–water partition coefficient (Wildman–Crippen LogP) is 4.80. The standard InChI is InChI=1S/C14H18ClFN2S/c1-14(2,3)7-9-8-17-13(19-9)18-12-10(15)5-4-6-11(12)16/h4-6,9H,7-8H2,1-3H3,(H,17,18). The third-order valence-electron chi connectivity index (χ3n) is 2.75. The molecular formula is C14H18ClFN2S. The van der Waals surface area contributed by atoms with E-state index in [9.17, 15) is 4.39 Å². The van der Waals surface area contributed by atoms with Crippen molar-refractivity contribution in [3.63, 3.8) is 0 Å². The molecule has 1 unspecified atom stereocenters. The van der Waals surface area contributed by atoms with Crippen molar-refractivity contribution in [3.05, 3.63) is 29.0 Å². The number of benzene rings is 1. The summed E-state index contributed by atoms with van der Waals surface area (Å²) in [6, 6.07) is 4.65. The maximum atomic E-state index is 13.7. The average Bonchev–Trinajstić information content (AvgIpc) is 2.69. The molecule has 0 radical (unpaired) electrons. The summed E-state index contributed by atoms with van der Waals surface area (Å²) in [4.78, 5) is 4.42. The molecule has 104 valence electrons. The molecule has 1 atom stereocenters. The van der Waals surface area contributed by atoms with Gasteiger partial charge in [0.15, 0.2) is 5.17 Å². The zero-order chi connectivity index (χ0) is 14.0. The Hall–Kier alpha value is -0.740. The minimum absolute atomic E-state index is 0.276. The summed E-state index contributed by atoms with van der Waals surface area (Å²) in [6.07, 6.45) is 1.08. The van der Waals surface area contributed by atoms with Gasteiger partial charge >= 0.3 is 0 Å². The zero-order valence-electron chi connectivity index (χ0n) is 11.3. The van der Waals surface area contributed by atoms with Crippen LogP contribution in [0.3, 0.4) is 0 Å². The Labute approximate surface area is 122 Å². The minimum Gasteiger partial charge on any atom is -0.331 e. The Kier molecular flexibility index (Phi) is 4.41. The number of thioether (sulfide) groups is 1. The molecule has 1 aliphatic rings. The molecular weight excluding hydrogens is 283 g/mol. The van der Waals surface area contributed by atoms with Crippen LogP contribution in [0.2, 0.25) is 5.02 Å². The van der Waals surface area contributed by atoms with Gasteiger partial charge in [-0.15, -0.1) is 0 Å². The SMILES string of the molecule is CC(C)(C)CC1CN=C(Nc2c(F)cccc2Cl)S1. The number of amidine groups is 1. The molecule has 1 N–H and O–H groups in total. The molecule has 0 saturated carbocycles. The fourth-order valence-corrected chi connectivity index (χ4v) is 3.57. The number of para-hydroxylation sites is 1. The number of rotatable bonds is 2. The summed E-state index contributed by atoms with van der Waals surface area (Å²) in [7, 11) is 0. The fourth-order valence-electron chi connectivity index (χ4n) is 2.00. The summed E-state index contributed by atoms with van der Waals surface area (Å²) in [5, 5.41) is 4.58. The lowest BCUT2D eigenvalue weighted by Crippen LogP contribution is -2.16. The van der Waals surface area contributed by atoms with Crippen LogP contribution in [-0.4, -0.2) is 17.0 Å². The van der Waals surface area contributed by atoms with E-state index in [1.54, 1.807) is 23.9 Å². The highest BCUT2D eigenvalue weighted by atomic mass is 35.5. The zero-order valence-corrected chi connectivity index (χ0v) is 12.9. The van der Waals surface area contributed by atoms with Gasteiger partial charge in [0.1, 0.15) is 5.82 Å². The van der Waals surface area contributed by atoms with Gasteiger partial charge in [-0.2, -0.15) is 0 Å². The van der Waals surface area contributed by atoms with Crippen LogP contribution in [0.4, 0.5) is 10.1 Å². The monoisotopic (exact) mass is 300 g/mol. The molecule has 0 aliphatic carbocycles. The van der Waals surface area contributed by atoms with Gasteiger partial charge in [-0.3, -0.25) is 4.99 Å². The van der Waals surface area contributed by atoms with Crippen molar-refractivity contribution in [2.45, 2.75) is 32.4 Å². The van der Waals surface area contributed by atoms with E-state index in [-0.39, 0.29) is 11.2 Å². The van der Waals surface area contributed by atoms with Crippen molar-refractivity contribution in [2.75, 3.05) is 11.9 Å². The number of halogens is 2. The maximum Gasteiger partial charge on any atom is 0.161 e. The van der Waals surface area contributed by atoms with Gasteiger partial charge in [0.05, 0.1) is 17.3 Å². The Balaban J connectivity index is 1.99. The van der Waals surface area contributed by atoms with Crippen molar-refractivity contribution in [3.8, 4) is 0 Å². The third kappa shape index (κ3) is 4.11. The summed E-state index contributed by atoms with van der Waals surface area (Å²) in [5.41, 5.74) is 0.588. The highest BCUT2D eigenvalue weighted by Crippen LogP contribution is 2.34. The first-order chi connectivity index (χ1) is 8.85. The van der Waals surface area contributed by atoms with Crippen LogP contribution in [0.5, 0.6) is 0 Å². The van der Waals surface area contributed by atoms with Gasteiger partial charge < -0.3 is 5.32 Å². The lowest BCUT2D eigenvalue weighted by atomic mass is 9.90. The van der Waals surface area contributed by atoms with E-state index in [2.05, 4.69) is 31.1 Å². The molecule has 0 spiro atoms. The lowest BCUT2D eigenvalue weighted by molar-refractivity contribution is 0.375. The van der Waals surface area contributed by atoms with Crippen LogP contribution in [0.15, 0.2) is 23.2 Å². The number of hydrogen-bond acceptors (Lipinski definition) is 3. The number of anilines is 1. The van der Waals surface area contributed by atoms with Gasteiger partial charge in [0.2, 0.25) is 0 Å². The van der Waals surface area contributed by atoms with Gasteiger partial charge in [-0.25, -0.2) is 4.39 Å². The summed E-state index contributed by atoms with van der Waals surface area (Å²) in [5.74, 6) is -0.352. The van der Waals surface area contributed by atoms with E-state index in [4.69, 9.17) is 11.6 Å². The Morgan fingerprint density at radius 1 is 1.47 bits per heavy atom. The van der Waals surface area contributed by atoms with Crippen LogP contribution in [0, 0.1) is 11.2 Å². The molecule has 5 heteroatoms. The normalized spacial score (nSPS) is 19.4. The van der Waals surface area contributed by atoms with Crippen molar-refractivity contribution in [2.24, 2.45) is 10.4 Å². The Morgan fingerprint density at radius 2 is 2.21 bits per heavy atom. The lowest BCUT2D eigenvalue weighted by Gasteiger charge is -2.21. The van der Waals surface area contributed by atoms with Gasteiger partial charge in [-0.1, -0.05) is 50.2 Å². The van der Waals surface area contributed by atoms with Gasteiger partial charge in [0.25, 0.3) is 0 Å². The number of nitrogens with one attached hydrogen (secondary N) is 1. The van der Waals surface area contributed by atoms with E-state index < -0.39 is 0 Å². The predicted molar refractivity (Wildman–Crippen MR) is 82.8 cm³/mol. The van der Waals surface area contributed by atoms with Crippen molar-refractivity contribution >= 4 is 34.2 Å². The fraction of sp³-hybridized carbons (Fsp3) is 0.500. The van der Waals surface area contributed by atoms with Gasteiger partial charge in [0, 0.05) is 5.25 Å². The quantitative estimate of drug-likeness (QED) is 0.848. The molecule has 0 bridgehead atoms. The molecule has 0 saturated heterocycles. The Bertz CT molecular complexity index is 476. The minimum atomic E-state index is -0.352. The number of nitrogens with zero attached hydrogens (tertiary/aromatic N) is 1. The van der Waals surface area contributed by atoms with Crippen LogP contribution in [-0.2, 0) is 0 Å². The Morgan fingerprint density at radius 3 is 2.84 bits per heavy atom. The van der Waals surface area contributed by atoms with E-state index >= 15 is 0 Å². The average molecular weight is 301 g/mol. The molecule has 19 heavy (non-hydrogen) atoms. The highest BCUT2D eigenvalue weighted by molar-refractivity contribution is 8.15. The second-order valence-electron chi connectivity index (χ2n) is 5.87. The summed E-state index contributed by atoms with van der Waals surface area (Å²) < 4.78 is 13.7. The van der Waals surface area contributed by atoms with Crippen LogP contribution >= 0.6 is 23.4 Å². The molecule has 1 aromatic carbocycles. The summed E-state index contributed by atoms with van der Waals surface area (Å²) >= 11 is 7.65. The number of aliphatic imine (C=N–C) groups is 1. The number of hydrogen-bond donors (Lipinski definition) is 1. The molecule has 2 nitrogen and oxygen atoms in total. The topological polar surface area (TPSA) is 24.4 Å². The molecule has 1 aromatic rings. The van der Waals surface area contributed by atoms with Crippen molar-refractivity contribution in [1.82, 2.24) is 0 Å². The molecule has 0 amide bonds. The van der Waals surface area contributed by atoms with E-state index in [1.807, 2.05) is 0 Å². The van der Waals surface area contributed by atoms with Crippen molar-refractivity contribution in [1.29, 1.82) is 0 Å². The first-order valence-corrected chi connectivity index (χ1v) is 7.53. The second kappa shape index (κ2) is 5.71. The molecule has 2 rings (SSSR count). The van der Waals surface area contributed by atoms with Crippen molar-refractivity contribution < 1.29 is 4.39 Å². The molecule has 1 aliphatic heterocycles. The maximum absolute atomic E-state index is 13.7. The van der Waals surface area contributed by atoms with E-state index in [1.165, 1.54) is 6.07 Å². The highest BCUT2D eigenvalue weighted by Gasteiger charge is 2.25.